The van der Waals surface area contributed by atoms with Crippen molar-refractivity contribution in [1.82, 2.24) is 19.7 Å². The van der Waals surface area contributed by atoms with Gasteiger partial charge in [0, 0.05) is 32.2 Å². The topological polar surface area (TPSA) is 54.3 Å². The molecule has 4 rings (SSSR count). The highest BCUT2D eigenvalue weighted by molar-refractivity contribution is 8.00. The SMILES string of the molecule is CC1CCN(c2nnc(SC(C)C(=O)N3CCCCCC3)n2C2CC2)CC1. The Labute approximate surface area is 167 Å². The lowest BCUT2D eigenvalue weighted by Crippen LogP contribution is -2.37. The summed E-state index contributed by atoms with van der Waals surface area (Å²) in [6.07, 6.45) is 9.64. The molecule has 3 heterocycles. The van der Waals surface area contributed by atoms with E-state index in [1.54, 1.807) is 11.8 Å². The minimum Gasteiger partial charge on any atom is -0.342 e. The van der Waals surface area contributed by atoms with Crippen molar-refractivity contribution < 1.29 is 4.79 Å². The third kappa shape index (κ3) is 4.44. The van der Waals surface area contributed by atoms with E-state index in [0.29, 0.717) is 6.04 Å². The smallest absolute Gasteiger partial charge is 0.235 e. The molecule has 0 aromatic carbocycles. The van der Waals surface area contributed by atoms with Crippen LogP contribution in [-0.2, 0) is 4.79 Å². The molecule has 1 aliphatic carbocycles. The molecule has 0 bridgehead atoms. The van der Waals surface area contributed by atoms with Crippen molar-refractivity contribution in [3.63, 3.8) is 0 Å². The van der Waals surface area contributed by atoms with E-state index in [2.05, 4.69) is 31.5 Å². The van der Waals surface area contributed by atoms with Gasteiger partial charge < -0.3 is 9.80 Å². The maximum Gasteiger partial charge on any atom is 0.235 e. The van der Waals surface area contributed by atoms with Crippen LogP contribution in [0.5, 0.6) is 0 Å². The summed E-state index contributed by atoms with van der Waals surface area (Å²) in [5.74, 6) is 2.10. The molecule has 0 radical (unpaired) electrons. The lowest BCUT2D eigenvalue weighted by molar-refractivity contribution is -0.130. The summed E-state index contributed by atoms with van der Waals surface area (Å²) in [6, 6.07) is 0.525. The first-order chi connectivity index (χ1) is 13.1. The van der Waals surface area contributed by atoms with Crippen LogP contribution >= 0.6 is 11.8 Å². The molecule has 1 amide bonds. The van der Waals surface area contributed by atoms with E-state index in [9.17, 15) is 4.79 Å². The van der Waals surface area contributed by atoms with Crippen LogP contribution in [0.1, 0.15) is 71.3 Å². The average Bonchev–Trinajstić information content (AvgIpc) is 3.47. The highest BCUT2D eigenvalue weighted by atomic mass is 32.2. The summed E-state index contributed by atoms with van der Waals surface area (Å²) in [5, 5.41) is 9.91. The van der Waals surface area contributed by atoms with E-state index < -0.39 is 0 Å². The predicted octanol–water partition coefficient (Wildman–Crippen LogP) is 3.73. The molecule has 2 saturated heterocycles. The third-order valence-electron chi connectivity index (χ3n) is 6.17. The molecule has 1 aromatic heterocycles. The number of nitrogens with zero attached hydrogens (tertiary/aromatic N) is 5. The van der Waals surface area contributed by atoms with Gasteiger partial charge in [0.05, 0.1) is 5.25 Å². The molecular weight excluding hydrogens is 358 g/mol. The number of amides is 1. The first kappa shape index (κ1) is 19.1. The van der Waals surface area contributed by atoms with Gasteiger partial charge in [0.15, 0.2) is 5.16 Å². The van der Waals surface area contributed by atoms with Crippen LogP contribution in [0.4, 0.5) is 5.95 Å². The molecule has 1 atom stereocenters. The molecule has 1 unspecified atom stereocenters. The second-order valence-electron chi connectivity index (χ2n) is 8.55. The van der Waals surface area contributed by atoms with E-state index in [-0.39, 0.29) is 11.2 Å². The van der Waals surface area contributed by atoms with E-state index in [0.717, 1.165) is 56.0 Å². The Morgan fingerprint density at radius 3 is 2.30 bits per heavy atom. The number of likely N-dealkylation sites (tertiary alicyclic amines) is 1. The normalized spacial score (nSPS) is 23.3. The van der Waals surface area contributed by atoms with Gasteiger partial charge in [-0.1, -0.05) is 31.5 Å². The lowest BCUT2D eigenvalue weighted by Gasteiger charge is -2.31. The number of carbonyl (C=O) groups excluding carboxylic acids is 1. The first-order valence-corrected chi connectivity index (χ1v) is 11.7. The van der Waals surface area contributed by atoms with Crippen LogP contribution in [0.25, 0.3) is 0 Å². The molecule has 27 heavy (non-hydrogen) atoms. The Morgan fingerprint density at radius 1 is 1.00 bits per heavy atom. The largest absolute Gasteiger partial charge is 0.342 e. The number of rotatable bonds is 5. The van der Waals surface area contributed by atoms with Crippen LogP contribution in [-0.4, -0.2) is 57.0 Å². The third-order valence-corrected chi connectivity index (χ3v) is 7.22. The molecular formula is C20H33N5OS. The van der Waals surface area contributed by atoms with Crippen LogP contribution in [0.3, 0.4) is 0 Å². The molecule has 0 N–H and O–H groups in total. The van der Waals surface area contributed by atoms with Crippen molar-refractivity contribution in [2.24, 2.45) is 5.92 Å². The van der Waals surface area contributed by atoms with Gasteiger partial charge in [0.1, 0.15) is 0 Å². The van der Waals surface area contributed by atoms with Crippen molar-refractivity contribution in [1.29, 1.82) is 0 Å². The van der Waals surface area contributed by atoms with Gasteiger partial charge in [-0.15, -0.1) is 10.2 Å². The van der Waals surface area contributed by atoms with E-state index in [1.165, 1.54) is 38.5 Å². The minimum atomic E-state index is -0.0981. The quantitative estimate of drug-likeness (QED) is 0.716. The highest BCUT2D eigenvalue weighted by Crippen LogP contribution is 2.42. The molecule has 3 fully saturated rings. The number of hydrogen-bond acceptors (Lipinski definition) is 5. The number of hydrogen-bond donors (Lipinski definition) is 0. The summed E-state index contributed by atoms with van der Waals surface area (Å²) in [6.45, 7) is 8.33. The summed E-state index contributed by atoms with van der Waals surface area (Å²) < 4.78 is 2.33. The highest BCUT2D eigenvalue weighted by Gasteiger charge is 2.34. The summed E-state index contributed by atoms with van der Waals surface area (Å²) in [7, 11) is 0. The second-order valence-corrected chi connectivity index (χ2v) is 9.86. The van der Waals surface area contributed by atoms with Crippen molar-refractivity contribution in [2.75, 3.05) is 31.1 Å². The Kier molecular flexibility index (Phi) is 5.95. The molecule has 1 aromatic rings. The molecule has 3 aliphatic rings. The van der Waals surface area contributed by atoms with Crippen molar-refractivity contribution in [3.05, 3.63) is 0 Å². The van der Waals surface area contributed by atoms with Crippen LogP contribution in [0, 0.1) is 5.92 Å². The van der Waals surface area contributed by atoms with Gasteiger partial charge in [-0.25, -0.2) is 0 Å². The van der Waals surface area contributed by atoms with Gasteiger partial charge in [0.25, 0.3) is 0 Å². The Balaban J connectivity index is 1.46. The maximum absolute atomic E-state index is 12.9. The predicted molar refractivity (Wildman–Crippen MR) is 109 cm³/mol. The van der Waals surface area contributed by atoms with E-state index in [4.69, 9.17) is 0 Å². The molecule has 150 valence electrons. The van der Waals surface area contributed by atoms with Gasteiger partial charge >= 0.3 is 0 Å². The zero-order valence-corrected chi connectivity index (χ0v) is 17.6. The van der Waals surface area contributed by atoms with Crippen LogP contribution in [0.2, 0.25) is 0 Å². The van der Waals surface area contributed by atoms with Crippen molar-refractivity contribution in [3.8, 4) is 0 Å². The second kappa shape index (κ2) is 8.41. The monoisotopic (exact) mass is 391 g/mol. The standard InChI is InChI=1S/C20H33N5OS/c1-15-9-13-24(14-10-15)19-21-22-20(25(19)17-7-8-17)27-16(2)18(26)23-11-5-3-4-6-12-23/h15-17H,3-14H2,1-2H3. The molecule has 2 aliphatic heterocycles. The van der Waals surface area contributed by atoms with Gasteiger partial charge in [-0.3, -0.25) is 9.36 Å². The molecule has 7 heteroatoms. The summed E-state index contributed by atoms with van der Waals surface area (Å²) >= 11 is 1.60. The summed E-state index contributed by atoms with van der Waals surface area (Å²) in [4.78, 5) is 17.4. The zero-order chi connectivity index (χ0) is 18.8. The molecule has 6 nitrogen and oxygen atoms in total. The van der Waals surface area contributed by atoms with Gasteiger partial charge in [-0.2, -0.15) is 0 Å². The number of carbonyl (C=O) groups is 1. The fraction of sp³-hybridized carbons (Fsp3) is 0.850. The molecule has 1 saturated carbocycles. The number of piperidine rings is 1. The Hall–Kier alpha value is -1.24. The van der Waals surface area contributed by atoms with E-state index in [1.807, 2.05) is 6.92 Å². The fourth-order valence-corrected chi connectivity index (χ4v) is 5.18. The Morgan fingerprint density at radius 2 is 1.67 bits per heavy atom. The fourth-order valence-electron chi connectivity index (χ4n) is 4.18. The minimum absolute atomic E-state index is 0.0981. The van der Waals surface area contributed by atoms with Crippen molar-refractivity contribution in [2.45, 2.75) is 81.7 Å². The van der Waals surface area contributed by atoms with Gasteiger partial charge in [-0.05, 0) is 51.4 Å². The lowest BCUT2D eigenvalue weighted by atomic mass is 10.00. The number of thioether (sulfide) groups is 1. The van der Waals surface area contributed by atoms with Crippen LogP contribution in [0.15, 0.2) is 5.16 Å². The number of anilines is 1. The zero-order valence-electron chi connectivity index (χ0n) is 16.8. The maximum atomic E-state index is 12.9. The average molecular weight is 392 g/mol. The van der Waals surface area contributed by atoms with Gasteiger partial charge in [0.2, 0.25) is 11.9 Å². The summed E-state index contributed by atoms with van der Waals surface area (Å²) in [5.41, 5.74) is 0. The number of aromatic nitrogens is 3. The Bertz CT molecular complexity index is 643. The van der Waals surface area contributed by atoms with Crippen LogP contribution < -0.4 is 4.90 Å². The molecule has 0 spiro atoms. The van der Waals surface area contributed by atoms with E-state index >= 15 is 0 Å². The van der Waals surface area contributed by atoms with Crippen molar-refractivity contribution >= 4 is 23.6 Å². The first-order valence-electron chi connectivity index (χ1n) is 10.8.